The molecule has 2 aromatic carbocycles. The van der Waals surface area contributed by atoms with Gasteiger partial charge in [0.15, 0.2) is 0 Å². The van der Waals surface area contributed by atoms with Crippen LogP contribution in [0.1, 0.15) is 42.4 Å². The summed E-state index contributed by atoms with van der Waals surface area (Å²) in [6.45, 7) is 7.82. The van der Waals surface area contributed by atoms with E-state index in [9.17, 15) is 9.59 Å². The fraction of sp³-hybridized carbons (Fsp3) is 0.214. The van der Waals surface area contributed by atoms with E-state index in [1.165, 1.54) is 7.11 Å². The highest BCUT2D eigenvalue weighted by molar-refractivity contribution is 6.16. The molecule has 1 aliphatic rings. The summed E-state index contributed by atoms with van der Waals surface area (Å²) in [5.74, 6) is -0.708. The molecule has 1 unspecified atom stereocenters. The number of amides is 1. The summed E-state index contributed by atoms with van der Waals surface area (Å²) in [7, 11) is 1.34. The minimum atomic E-state index is -0.508. The maximum absolute atomic E-state index is 13.6. The van der Waals surface area contributed by atoms with Gasteiger partial charge in [-0.25, -0.2) is 4.79 Å². The number of ether oxygens (including phenoxy) is 1. The van der Waals surface area contributed by atoms with Gasteiger partial charge in [0.05, 0.1) is 24.3 Å². The minimum Gasteiger partial charge on any atom is -0.465 e. The molecule has 4 rings (SSSR count). The second-order valence-corrected chi connectivity index (χ2v) is 8.27. The lowest BCUT2D eigenvalue weighted by Crippen LogP contribution is -2.28. The molecule has 0 aliphatic carbocycles. The number of para-hydroxylation sites is 1. The summed E-state index contributed by atoms with van der Waals surface area (Å²) >= 11 is 0. The van der Waals surface area contributed by atoms with Crippen LogP contribution in [0.15, 0.2) is 83.6 Å². The predicted octanol–water partition coefficient (Wildman–Crippen LogP) is 5.53. The zero-order valence-electron chi connectivity index (χ0n) is 19.6. The van der Waals surface area contributed by atoms with E-state index in [-0.39, 0.29) is 11.9 Å². The molecule has 0 saturated heterocycles. The molecule has 0 bridgehead atoms. The molecular formula is C28H28N2O3. The van der Waals surface area contributed by atoms with E-state index in [1.54, 1.807) is 11.8 Å². The highest BCUT2D eigenvalue weighted by Gasteiger charge is 2.39. The van der Waals surface area contributed by atoms with Gasteiger partial charge in [-0.1, -0.05) is 48.5 Å². The van der Waals surface area contributed by atoms with E-state index in [1.807, 2.05) is 93.6 Å². The molecule has 33 heavy (non-hydrogen) atoms. The van der Waals surface area contributed by atoms with E-state index in [2.05, 4.69) is 4.57 Å². The molecule has 0 fully saturated rings. The molecule has 1 aromatic heterocycles. The number of rotatable bonds is 5. The summed E-state index contributed by atoms with van der Waals surface area (Å²) in [5.41, 5.74) is 6.26. The van der Waals surface area contributed by atoms with Gasteiger partial charge < -0.3 is 14.2 Å². The summed E-state index contributed by atoms with van der Waals surface area (Å²) < 4.78 is 7.20. The number of carbonyl (C=O) groups is 2. The summed E-state index contributed by atoms with van der Waals surface area (Å²) in [5, 5.41) is 0. The first-order valence-corrected chi connectivity index (χ1v) is 11.0. The van der Waals surface area contributed by atoms with Crippen molar-refractivity contribution in [1.82, 2.24) is 9.47 Å². The van der Waals surface area contributed by atoms with Crippen LogP contribution in [-0.2, 0) is 14.3 Å². The number of aromatic nitrogens is 1. The van der Waals surface area contributed by atoms with Crippen LogP contribution in [0.4, 0.5) is 0 Å². The maximum Gasteiger partial charge on any atom is 0.340 e. The van der Waals surface area contributed by atoms with E-state index in [4.69, 9.17) is 4.74 Å². The molecule has 5 nitrogen and oxygen atoms in total. The third-order valence-electron chi connectivity index (χ3n) is 6.29. The summed E-state index contributed by atoms with van der Waals surface area (Å²) in [6, 6.07) is 21.7. The van der Waals surface area contributed by atoms with Gasteiger partial charge in [-0.15, -0.1) is 0 Å². The van der Waals surface area contributed by atoms with Crippen LogP contribution in [0, 0.1) is 13.8 Å². The van der Waals surface area contributed by atoms with Crippen molar-refractivity contribution in [2.75, 3.05) is 7.11 Å². The van der Waals surface area contributed by atoms with Crippen molar-refractivity contribution in [3.05, 3.63) is 106 Å². The minimum absolute atomic E-state index is 0.200. The van der Waals surface area contributed by atoms with Crippen LogP contribution in [0.5, 0.6) is 0 Å². The molecule has 1 atom stereocenters. The molecule has 0 N–H and O–H groups in total. The number of hydrogen-bond acceptors (Lipinski definition) is 3. The fourth-order valence-electron chi connectivity index (χ4n) is 4.61. The number of allylic oxidation sites excluding steroid dienone is 1. The van der Waals surface area contributed by atoms with Gasteiger partial charge in [-0.2, -0.15) is 0 Å². The highest BCUT2D eigenvalue weighted by atomic mass is 16.5. The van der Waals surface area contributed by atoms with Crippen LogP contribution >= 0.6 is 0 Å². The molecule has 0 saturated carbocycles. The molecule has 168 valence electrons. The van der Waals surface area contributed by atoms with Crippen molar-refractivity contribution in [1.29, 1.82) is 0 Å². The molecular weight excluding hydrogens is 412 g/mol. The molecule has 3 aromatic rings. The van der Waals surface area contributed by atoms with E-state index in [0.29, 0.717) is 16.8 Å². The first-order chi connectivity index (χ1) is 15.8. The van der Waals surface area contributed by atoms with Gasteiger partial charge in [0.1, 0.15) is 0 Å². The third kappa shape index (κ3) is 3.91. The van der Waals surface area contributed by atoms with Crippen molar-refractivity contribution in [3.63, 3.8) is 0 Å². The Labute approximate surface area is 194 Å². The zero-order valence-corrected chi connectivity index (χ0v) is 19.6. The van der Waals surface area contributed by atoms with Crippen molar-refractivity contribution < 1.29 is 14.3 Å². The molecule has 0 radical (unpaired) electrons. The lowest BCUT2D eigenvalue weighted by molar-refractivity contribution is -0.136. The molecule has 1 aliphatic heterocycles. The molecule has 0 spiro atoms. The molecule has 2 heterocycles. The largest absolute Gasteiger partial charge is 0.465 e. The smallest absolute Gasteiger partial charge is 0.340 e. The predicted molar refractivity (Wildman–Crippen MR) is 130 cm³/mol. The monoisotopic (exact) mass is 440 g/mol. The fourth-order valence-corrected chi connectivity index (χ4v) is 4.61. The molecule has 5 heteroatoms. The quantitative estimate of drug-likeness (QED) is 0.387. The van der Waals surface area contributed by atoms with E-state index < -0.39 is 5.97 Å². The van der Waals surface area contributed by atoms with Crippen molar-refractivity contribution in [2.24, 2.45) is 0 Å². The van der Waals surface area contributed by atoms with Crippen LogP contribution in [0.2, 0.25) is 0 Å². The average Bonchev–Trinajstić information content (AvgIpc) is 3.25. The summed E-state index contributed by atoms with van der Waals surface area (Å²) in [4.78, 5) is 28.1. The van der Waals surface area contributed by atoms with Crippen LogP contribution in [-0.4, -0.2) is 28.5 Å². The highest BCUT2D eigenvalue weighted by Crippen LogP contribution is 2.38. The van der Waals surface area contributed by atoms with Crippen molar-refractivity contribution in [2.45, 2.75) is 33.7 Å². The maximum atomic E-state index is 13.6. The Morgan fingerprint density at radius 3 is 2.18 bits per heavy atom. The van der Waals surface area contributed by atoms with Gasteiger partial charge >= 0.3 is 5.97 Å². The van der Waals surface area contributed by atoms with Crippen LogP contribution in [0.25, 0.3) is 11.8 Å². The first-order valence-electron chi connectivity index (χ1n) is 11.0. The zero-order chi connectivity index (χ0) is 23.7. The second kappa shape index (κ2) is 8.94. The Kier molecular flexibility index (Phi) is 6.05. The van der Waals surface area contributed by atoms with Crippen molar-refractivity contribution in [3.8, 4) is 5.69 Å². The molecule has 1 amide bonds. The second-order valence-electron chi connectivity index (χ2n) is 8.27. The van der Waals surface area contributed by atoms with Crippen molar-refractivity contribution >= 4 is 18.0 Å². The average molecular weight is 441 g/mol. The van der Waals surface area contributed by atoms with Gasteiger partial charge in [-0.05, 0) is 63.1 Å². The number of benzene rings is 2. The van der Waals surface area contributed by atoms with E-state index >= 15 is 0 Å². The number of esters is 1. The Morgan fingerprint density at radius 1 is 0.970 bits per heavy atom. The first kappa shape index (κ1) is 22.3. The SMILES string of the molecule is COC(=O)C1=C(C)N(C(C)c2ccccc2)C(=O)/C1=C/c1cc(C)n(-c2ccccc2)c1C. The normalized spacial score (nSPS) is 16.0. The lowest BCUT2D eigenvalue weighted by atomic mass is 10.0. The van der Waals surface area contributed by atoms with Gasteiger partial charge in [0.2, 0.25) is 0 Å². The standard InChI is InChI=1S/C28H28N2O3/c1-18-16-23(20(3)29(18)24-14-10-7-11-15-24)17-25-26(28(32)33-5)21(4)30(27(25)31)19(2)22-12-8-6-9-13-22/h6-17,19H,1-5H3/b25-17+. The van der Waals surface area contributed by atoms with Gasteiger partial charge in [0.25, 0.3) is 5.91 Å². The Morgan fingerprint density at radius 2 is 1.58 bits per heavy atom. The number of nitrogens with zero attached hydrogens (tertiary/aromatic N) is 2. The Hall–Kier alpha value is -3.86. The van der Waals surface area contributed by atoms with Crippen LogP contribution < -0.4 is 0 Å². The number of aryl methyl sites for hydroxylation is 1. The van der Waals surface area contributed by atoms with Gasteiger partial charge in [0, 0.05) is 22.8 Å². The Bertz CT molecular complexity index is 1270. The van der Waals surface area contributed by atoms with Gasteiger partial charge in [-0.3, -0.25) is 4.79 Å². The van der Waals surface area contributed by atoms with Crippen LogP contribution in [0.3, 0.4) is 0 Å². The third-order valence-corrected chi connectivity index (χ3v) is 6.29. The Balaban J connectivity index is 1.82. The number of carbonyl (C=O) groups excluding carboxylic acids is 2. The topological polar surface area (TPSA) is 51.5 Å². The number of methoxy groups -OCH3 is 1. The van der Waals surface area contributed by atoms with E-state index in [0.717, 1.165) is 28.2 Å². The number of hydrogen-bond donors (Lipinski definition) is 0. The lowest BCUT2D eigenvalue weighted by Gasteiger charge is -2.26. The summed E-state index contributed by atoms with van der Waals surface area (Å²) in [6.07, 6.45) is 1.82.